The first-order valence-electron chi connectivity index (χ1n) is 6.73. The van der Waals surface area contributed by atoms with Gasteiger partial charge in [-0.3, -0.25) is 0 Å². The van der Waals surface area contributed by atoms with Crippen LogP contribution in [0.15, 0.2) is 12.3 Å². The van der Waals surface area contributed by atoms with E-state index in [9.17, 15) is 0 Å². The maximum absolute atomic E-state index is 6.33. The Morgan fingerprint density at radius 3 is 2.72 bits per heavy atom. The lowest BCUT2D eigenvalue weighted by atomic mass is 10.1. The normalized spacial score (nSPS) is 15.2. The summed E-state index contributed by atoms with van der Waals surface area (Å²) < 4.78 is 0. The monoisotopic (exact) mass is 267 g/mol. The molecule has 0 aliphatic heterocycles. The van der Waals surface area contributed by atoms with Crippen molar-refractivity contribution >= 4 is 17.4 Å². The molecule has 0 atom stereocenters. The fourth-order valence-corrected chi connectivity index (χ4v) is 2.34. The second kappa shape index (κ2) is 5.89. The molecule has 2 rings (SSSR count). The second-order valence-corrected chi connectivity index (χ2v) is 5.87. The number of hydrogen-bond acceptors (Lipinski definition) is 3. The Kier molecular flexibility index (Phi) is 4.46. The fourth-order valence-electron chi connectivity index (χ4n) is 2.04. The van der Waals surface area contributed by atoms with E-state index in [1.54, 1.807) is 0 Å². The van der Waals surface area contributed by atoms with Gasteiger partial charge in [-0.2, -0.15) is 0 Å². The molecule has 100 valence electrons. The van der Waals surface area contributed by atoms with E-state index in [1.807, 2.05) is 12.3 Å². The summed E-state index contributed by atoms with van der Waals surface area (Å²) in [7, 11) is 0. The molecule has 1 aromatic heterocycles. The van der Waals surface area contributed by atoms with Gasteiger partial charge in [-0.1, -0.05) is 25.4 Å². The van der Waals surface area contributed by atoms with Gasteiger partial charge >= 0.3 is 0 Å². The van der Waals surface area contributed by atoms with Crippen LogP contribution in [0, 0.1) is 5.92 Å². The Balaban J connectivity index is 2.14. The number of nitrogens with two attached hydrogens (primary N) is 1. The number of hydrogen-bond donors (Lipinski definition) is 1. The summed E-state index contributed by atoms with van der Waals surface area (Å²) in [6, 6.07) is 2.58. The van der Waals surface area contributed by atoms with Crippen molar-refractivity contribution in [3.63, 3.8) is 0 Å². The van der Waals surface area contributed by atoms with Gasteiger partial charge in [0.15, 0.2) is 0 Å². The first-order chi connectivity index (χ1) is 8.61. The average Bonchev–Trinajstić information content (AvgIpc) is 3.15. The predicted molar refractivity (Wildman–Crippen MR) is 77.0 cm³/mol. The van der Waals surface area contributed by atoms with Crippen LogP contribution in [0.1, 0.15) is 38.7 Å². The molecule has 0 radical (unpaired) electrons. The van der Waals surface area contributed by atoms with E-state index in [0.29, 0.717) is 18.5 Å². The number of rotatable bonds is 6. The Labute approximate surface area is 114 Å². The molecule has 1 aliphatic rings. The van der Waals surface area contributed by atoms with Gasteiger partial charge in [-0.15, -0.1) is 0 Å². The molecule has 0 spiro atoms. The smallest absolute Gasteiger partial charge is 0.147 e. The highest BCUT2D eigenvalue weighted by molar-refractivity contribution is 6.33. The highest BCUT2D eigenvalue weighted by Gasteiger charge is 2.30. The molecule has 0 saturated heterocycles. The summed E-state index contributed by atoms with van der Waals surface area (Å²) in [6.45, 7) is 6.02. The molecule has 1 aliphatic carbocycles. The number of anilines is 1. The minimum Gasteiger partial charge on any atom is -0.352 e. The van der Waals surface area contributed by atoms with Crippen LogP contribution in [-0.2, 0) is 6.54 Å². The van der Waals surface area contributed by atoms with Crippen LogP contribution < -0.4 is 10.6 Å². The van der Waals surface area contributed by atoms with Crippen molar-refractivity contribution in [1.29, 1.82) is 0 Å². The molecule has 1 aromatic rings. The van der Waals surface area contributed by atoms with Gasteiger partial charge in [0.2, 0.25) is 0 Å². The minimum absolute atomic E-state index is 0.489. The Hall–Kier alpha value is -0.800. The van der Waals surface area contributed by atoms with Gasteiger partial charge in [-0.25, -0.2) is 4.98 Å². The van der Waals surface area contributed by atoms with E-state index < -0.39 is 0 Å². The van der Waals surface area contributed by atoms with Crippen molar-refractivity contribution in [3.8, 4) is 0 Å². The van der Waals surface area contributed by atoms with Crippen molar-refractivity contribution in [2.75, 3.05) is 11.4 Å². The molecule has 0 unspecified atom stereocenters. The van der Waals surface area contributed by atoms with Crippen molar-refractivity contribution in [3.05, 3.63) is 22.8 Å². The zero-order valence-corrected chi connectivity index (χ0v) is 12.0. The largest absolute Gasteiger partial charge is 0.352 e. The zero-order valence-electron chi connectivity index (χ0n) is 11.2. The van der Waals surface area contributed by atoms with Crippen LogP contribution in [0.2, 0.25) is 5.02 Å². The molecule has 0 amide bonds. The van der Waals surface area contributed by atoms with Crippen molar-refractivity contribution in [1.82, 2.24) is 4.98 Å². The molecule has 2 N–H and O–H groups in total. The Morgan fingerprint density at radius 1 is 1.50 bits per heavy atom. The highest BCUT2D eigenvalue weighted by Crippen LogP contribution is 2.34. The molecule has 0 aromatic carbocycles. The summed E-state index contributed by atoms with van der Waals surface area (Å²) in [5, 5.41) is 0.730. The first kappa shape index (κ1) is 13.6. The first-order valence-corrected chi connectivity index (χ1v) is 7.10. The topological polar surface area (TPSA) is 42.2 Å². The summed E-state index contributed by atoms with van der Waals surface area (Å²) in [4.78, 5) is 6.87. The van der Waals surface area contributed by atoms with Crippen LogP contribution >= 0.6 is 11.6 Å². The fraction of sp³-hybridized carbons (Fsp3) is 0.643. The molecule has 1 saturated carbocycles. The van der Waals surface area contributed by atoms with Crippen LogP contribution in [0.25, 0.3) is 0 Å². The van der Waals surface area contributed by atoms with Crippen molar-refractivity contribution < 1.29 is 0 Å². The lowest BCUT2D eigenvalue weighted by Gasteiger charge is -2.25. The van der Waals surface area contributed by atoms with Crippen molar-refractivity contribution in [2.24, 2.45) is 11.7 Å². The average molecular weight is 268 g/mol. The molecular formula is C14H22ClN3. The lowest BCUT2D eigenvalue weighted by Crippen LogP contribution is -2.29. The Morgan fingerprint density at radius 2 is 2.22 bits per heavy atom. The van der Waals surface area contributed by atoms with E-state index in [1.165, 1.54) is 19.3 Å². The van der Waals surface area contributed by atoms with Crippen LogP contribution in [0.3, 0.4) is 0 Å². The molecular weight excluding hydrogens is 246 g/mol. The second-order valence-electron chi connectivity index (χ2n) is 5.46. The Bertz CT molecular complexity index is 402. The van der Waals surface area contributed by atoms with E-state index in [2.05, 4.69) is 23.7 Å². The SMILES string of the molecule is CC(C)CCN(c1ncc(CN)cc1Cl)C1CC1. The van der Waals surface area contributed by atoms with Gasteiger partial charge < -0.3 is 10.6 Å². The summed E-state index contributed by atoms with van der Waals surface area (Å²) in [6.07, 6.45) is 5.53. The molecule has 0 bridgehead atoms. The van der Waals surface area contributed by atoms with Crippen LogP contribution in [0.5, 0.6) is 0 Å². The van der Waals surface area contributed by atoms with Gasteiger partial charge in [0, 0.05) is 25.3 Å². The molecule has 4 heteroatoms. The maximum Gasteiger partial charge on any atom is 0.147 e. The van der Waals surface area contributed by atoms with Gasteiger partial charge in [0.05, 0.1) is 5.02 Å². The standard InChI is InChI=1S/C14H22ClN3/c1-10(2)5-6-18(12-3-4-12)14-13(15)7-11(8-16)9-17-14/h7,9-10,12H,3-6,8,16H2,1-2H3. The number of aromatic nitrogens is 1. The third-order valence-corrected chi connectivity index (χ3v) is 3.60. The summed E-state index contributed by atoms with van der Waals surface area (Å²) in [5.41, 5.74) is 6.59. The molecule has 3 nitrogen and oxygen atoms in total. The van der Waals surface area contributed by atoms with Crippen LogP contribution in [-0.4, -0.2) is 17.6 Å². The van der Waals surface area contributed by atoms with Gasteiger partial charge in [0.25, 0.3) is 0 Å². The highest BCUT2D eigenvalue weighted by atomic mass is 35.5. The lowest BCUT2D eigenvalue weighted by molar-refractivity contribution is 0.568. The summed E-state index contributed by atoms with van der Waals surface area (Å²) >= 11 is 6.33. The summed E-state index contributed by atoms with van der Waals surface area (Å²) in [5.74, 6) is 1.63. The van der Waals surface area contributed by atoms with E-state index in [-0.39, 0.29) is 0 Å². The maximum atomic E-state index is 6.33. The zero-order chi connectivity index (χ0) is 13.1. The number of pyridine rings is 1. The molecule has 1 heterocycles. The van der Waals surface area contributed by atoms with E-state index in [4.69, 9.17) is 17.3 Å². The van der Waals surface area contributed by atoms with E-state index in [0.717, 1.165) is 22.9 Å². The molecule has 1 fully saturated rings. The third kappa shape index (κ3) is 3.36. The predicted octanol–water partition coefficient (Wildman–Crippen LogP) is 3.21. The van der Waals surface area contributed by atoms with Crippen LogP contribution in [0.4, 0.5) is 5.82 Å². The molecule has 18 heavy (non-hydrogen) atoms. The minimum atomic E-state index is 0.489. The third-order valence-electron chi connectivity index (χ3n) is 3.32. The number of nitrogens with zero attached hydrogens (tertiary/aromatic N) is 2. The van der Waals surface area contributed by atoms with Crippen molar-refractivity contribution in [2.45, 2.75) is 45.7 Å². The quantitative estimate of drug-likeness (QED) is 0.861. The van der Waals surface area contributed by atoms with Gasteiger partial charge in [0.1, 0.15) is 5.82 Å². The van der Waals surface area contributed by atoms with E-state index >= 15 is 0 Å². The number of halogens is 1. The van der Waals surface area contributed by atoms with Gasteiger partial charge in [-0.05, 0) is 36.8 Å².